The van der Waals surface area contributed by atoms with E-state index in [0.717, 1.165) is 42.9 Å². The lowest BCUT2D eigenvalue weighted by molar-refractivity contribution is -0.189. The van der Waals surface area contributed by atoms with Crippen LogP contribution in [0.1, 0.15) is 5.56 Å². The van der Waals surface area contributed by atoms with Gasteiger partial charge >= 0.3 is 0 Å². The van der Waals surface area contributed by atoms with Gasteiger partial charge in [0.25, 0.3) is 0 Å². The van der Waals surface area contributed by atoms with E-state index in [9.17, 15) is 0 Å². The minimum Gasteiger partial charge on any atom is -0.491 e. The zero-order valence-electron chi connectivity index (χ0n) is 23.0. The molecule has 0 amide bonds. The summed E-state index contributed by atoms with van der Waals surface area (Å²) in [5.41, 5.74) is 1.88. The summed E-state index contributed by atoms with van der Waals surface area (Å²) in [5, 5.41) is 1.83. The molecule has 2 atom stereocenters. The molecule has 0 unspecified atom stereocenters. The summed E-state index contributed by atoms with van der Waals surface area (Å²) in [4.78, 5) is 17.8. The van der Waals surface area contributed by atoms with E-state index in [2.05, 4.69) is 36.9 Å². The van der Waals surface area contributed by atoms with Gasteiger partial charge in [0.1, 0.15) is 24.3 Å². The highest BCUT2D eigenvalue weighted by Crippen LogP contribution is 2.40. The third-order valence-electron chi connectivity index (χ3n) is 7.19. The van der Waals surface area contributed by atoms with Gasteiger partial charge in [-0.2, -0.15) is 0 Å². The van der Waals surface area contributed by atoms with Crippen LogP contribution < -0.4 is 14.5 Å². The summed E-state index contributed by atoms with van der Waals surface area (Å²) in [6, 6.07) is 15.5. The van der Waals surface area contributed by atoms with Crippen LogP contribution in [-0.4, -0.2) is 76.7 Å². The highest BCUT2D eigenvalue weighted by Gasteiger charge is 2.45. The van der Waals surface area contributed by atoms with Crippen molar-refractivity contribution in [3.8, 4) is 5.75 Å². The minimum atomic E-state index is -1.08. The molecule has 0 aliphatic carbocycles. The number of anilines is 2. The van der Waals surface area contributed by atoms with Crippen molar-refractivity contribution in [2.45, 2.75) is 23.6 Å². The van der Waals surface area contributed by atoms with Crippen molar-refractivity contribution < 1.29 is 19.7 Å². The molecule has 0 saturated carbocycles. The molecule has 2 aliphatic heterocycles. The lowest BCUT2D eigenvalue weighted by Crippen LogP contribution is -2.46. The number of nitrogens with zero attached hydrogens (tertiary/aromatic N) is 6. The fourth-order valence-electron chi connectivity index (χ4n) is 5.12. The van der Waals surface area contributed by atoms with Crippen LogP contribution in [0.2, 0.25) is 10.0 Å². The Kier molecular flexibility index (Phi) is 9.77. The SMILES string of the molecule is CSc1nccc(N2CCN(c3ccc(OC[C@@H]4CO[C@@](Cn5ccnc5)(c5ccc(Cl)cc5Cl)O4)cc3)CC2)n1.O. The van der Waals surface area contributed by atoms with Crippen molar-refractivity contribution in [2.75, 3.05) is 55.4 Å². The van der Waals surface area contributed by atoms with Gasteiger partial charge in [-0.15, -0.1) is 0 Å². The van der Waals surface area contributed by atoms with Gasteiger partial charge in [0, 0.05) is 61.0 Å². The maximum atomic E-state index is 6.58. The number of ether oxygens (including phenoxy) is 3. The van der Waals surface area contributed by atoms with E-state index < -0.39 is 5.79 Å². The Balaban J connectivity index is 0.00000353. The van der Waals surface area contributed by atoms with Crippen molar-refractivity contribution in [1.29, 1.82) is 0 Å². The van der Waals surface area contributed by atoms with Crippen LogP contribution in [0.4, 0.5) is 11.5 Å². The number of rotatable bonds is 9. The molecule has 4 heterocycles. The molecule has 13 heteroatoms. The summed E-state index contributed by atoms with van der Waals surface area (Å²) in [5.74, 6) is 0.682. The van der Waals surface area contributed by atoms with Gasteiger partial charge in [-0.1, -0.05) is 41.0 Å². The molecule has 2 N–H and O–H groups in total. The first-order chi connectivity index (χ1) is 20.0. The van der Waals surface area contributed by atoms with Gasteiger partial charge in [-0.3, -0.25) is 0 Å². The van der Waals surface area contributed by atoms with E-state index in [4.69, 9.17) is 37.4 Å². The first kappa shape index (κ1) is 30.4. The third-order valence-corrected chi connectivity index (χ3v) is 8.30. The van der Waals surface area contributed by atoms with Crippen molar-refractivity contribution >= 4 is 46.5 Å². The Bertz CT molecular complexity index is 1460. The summed E-state index contributed by atoms with van der Waals surface area (Å²) >= 11 is 14.3. The van der Waals surface area contributed by atoms with Crippen LogP contribution in [0.25, 0.3) is 0 Å². The standard InChI is InChI=1S/C29H30Cl2N6O3S.H2O/c1-41-28-33-9-8-27(34-28)37-14-12-36(13-15-37)22-3-5-23(6-4-22)38-17-24-18-39-29(40-24,19-35-11-10-32-20-35)25-7-2-21(30)16-26(25)31;/h2-11,16,20,24H,12-15,17-19H2,1H3;1H2/t24-,29-;/m1./s1. The van der Waals surface area contributed by atoms with Crippen LogP contribution >= 0.6 is 35.0 Å². The molecule has 0 spiro atoms. The molecule has 2 fully saturated rings. The van der Waals surface area contributed by atoms with Crippen molar-refractivity contribution in [3.63, 3.8) is 0 Å². The molecule has 4 aromatic rings. The predicted octanol–water partition coefficient (Wildman–Crippen LogP) is 4.55. The zero-order valence-corrected chi connectivity index (χ0v) is 25.4. The minimum absolute atomic E-state index is 0. The lowest BCUT2D eigenvalue weighted by atomic mass is 10.1. The van der Waals surface area contributed by atoms with Gasteiger partial charge < -0.3 is 34.1 Å². The maximum Gasteiger partial charge on any atom is 0.215 e. The van der Waals surface area contributed by atoms with Gasteiger partial charge in [0.15, 0.2) is 5.16 Å². The van der Waals surface area contributed by atoms with Gasteiger partial charge in [-0.05, 0) is 48.7 Å². The molecule has 222 valence electrons. The topological polar surface area (TPSA) is 109 Å². The number of hydrogen-bond acceptors (Lipinski definition) is 9. The second kappa shape index (κ2) is 13.5. The summed E-state index contributed by atoms with van der Waals surface area (Å²) < 4.78 is 20.8. The molecule has 2 saturated heterocycles. The average molecular weight is 632 g/mol. The zero-order chi connectivity index (χ0) is 28.2. The van der Waals surface area contributed by atoms with E-state index >= 15 is 0 Å². The number of halogens is 2. The largest absolute Gasteiger partial charge is 0.491 e. The molecule has 0 bridgehead atoms. The van der Waals surface area contributed by atoms with E-state index in [-0.39, 0.29) is 11.6 Å². The predicted molar refractivity (Wildman–Crippen MR) is 165 cm³/mol. The Labute approximate surface area is 258 Å². The van der Waals surface area contributed by atoms with Crippen molar-refractivity contribution in [3.05, 3.63) is 89.1 Å². The van der Waals surface area contributed by atoms with E-state index in [0.29, 0.717) is 35.4 Å². The normalized spacial score (nSPS) is 20.4. The van der Waals surface area contributed by atoms with E-state index in [1.54, 1.807) is 36.4 Å². The quantitative estimate of drug-likeness (QED) is 0.194. The molecular weight excluding hydrogens is 599 g/mol. The first-order valence-electron chi connectivity index (χ1n) is 13.3. The van der Waals surface area contributed by atoms with Crippen LogP contribution in [0.3, 0.4) is 0 Å². The average Bonchev–Trinajstić information content (AvgIpc) is 3.67. The monoisotopic (exact) mass is 630 g/mol. The fourth-order valence-corrected chi connectivity index (χ4v) is 6.02. The first-order valence-corrected chi connectivity index (χ1v) is 15.3. The molecular formula is C29H32Cl2N6O4S. The van der Waals surface area contributed by atoms with E-state index in [1.807, 2.05) is 47.5 Å². The smallest absolute Gasteiger partial charge is 0.215 e. The second-order valence-corrected chi connectivity index (χ2v) is 11.5. The Hall–Kier alpha value is -3.06. The maximum absolute atomic E-state index is 6.58. The number of thioether (sulfide) groups is 1. The Morgan fingerprint density at radius 1 is 1.02 bits per heavy atom. The summed E-state index contributed by atoms with van der Waals surface area (Å²) in [6.07, 6.45) is 8.84. The van der Waals surface area contributed by atoms with Crippen LogP contribution in [0, 0.1) is 0 Å². The molecule has 6 rings (SSSR count). The number of hydrogen-bond donors (Lipinski definition) is 0. The molecule has 42 heavy (non-hydrogen) atoms. The Morgan fingerprint density at radius 3 is 2.52 bits per heavy atom. The highest BCUT2D eigenvalue weighted by atomic mass is 35.5. The number of piperazine rings is 1. The lowest BCUT2D eigenvalue weighted by Gasteiger charge is -2.36. The fraction of sp³-hybridized carbons (Fsp3) is 0.345. The third kappa shape index (κ3) is 6.77. The molecule has 2 aromatic heterocycles. The van der Waals surface area contributed by atoms with Crippen LogP contribution in [-0.2, 0) is 21.8 Å². The molecule has 0 radical (unpaired) electrons. The highest BCUT2D eigenvalue weighted by molar-refractivity contribution is 7.98. The molecule has 2 aromatic carbocycles. The van der Waals surface area contributed by atoms with Crippen LogP contribution in [0.15, 0.2) is 78.6 Å². The van der Waals surface area contributed by atoms with Crippen molar-refractivity contribution in [2.24, 2.45) is 0 Å². The summed E-state index contributed by atoms with van der Waals surface area (Å²) in [6.45, 7) is 4.73. The van der Waals surface area contributed by atoms with Gasteiger partial charge in [0.2, 0.25) is 5.79 Å². The number of aromatic nitrogens is 4. The summed E-state index contributed by atoms with van der Waals surface area (Å²) in [7, 11) is 0. The second-order valence-electron chi connectivity index (χ2n) is 9.84. The molecule has 2 aliphatic rings. The van der Waals surface area contributed by atoms with Crippen LogP contribution in [0.5, 0.6) is 5.75 Å². The van der Waals surface area contributed by atoms with Gasteiger partial charge in [-0.25, -0.2) is 15.0 Å². The number of benzene rings is 2. The number of imidazole rings is 1. The van der Waals surface area contributed by atoms with E-state index in [1.165, 1.54) is 5.69 Å². The Morgan fingerprint density at radius 2 is 1.81 bits per heavy atom. The van der Waals surface area contributed by atoms with Crippen molar-refractivity contribution in [1.82, 2.24) is 19.5 Å². The molecule has 10 nitrogen and oxygen atoms in total. The van der Waals surface area contributed by atoms with Gasteiger partial charge in [0.05, 0.1) is 24.5 Å².